The normalized spacial score (nSPS) is 53.9. The summed E-state index contributed by atoms with van der Waals surface area (Å²) in [6.45, 7) is 17.8. The Morgan fingerprint density at radius 3 is 2.38 bits per heavy atom. The number of aliphatic hydroxyl groups excluding tert-OH is 1. The van der Waals surface area contributed by atoms with Gasteiger partial charge in [0.15, 0.2) is 5.78 Å². The summed E-state index contributed by atoms with van der Waals surface area (Å²) in [7, 11) is 0. The Labute approximate surface area is 206 Å². The zero-order valence-electron chi connectivity index (χ0n) is 22.6. The molecule has 3 heteroatoms. The van der Waals surface area contributed by atoms with E-state index in [-0.39, 0.29) is 27.4 Å². The van der Waals surface area contributed by atoms with Gasteiger partial charge in [-0.15, -0.1) is 0 Å². The van der Waals surface area contributed by atoms with E-state index >= 15 is 0 Å². The topological polar surface area (TPSA) is 46.5 Å². The van der Waals surface area contributed by atoms with Crippen LogP contribution < -0.4 is 0 Å². The van der Waals surface area contributed by atoms with Gasteiger partial charge in [-0.2, -0.15) is 0 Å². The predicted octanol–water partition coefficient (Wildman–Crippen LogP) is 7.42. The molecule has 4 saturated carbocycles. The first kappa shape index (κ1) is 23.3. The molecule has 8 atom stereocenters. The van der Waals surface area contributed by atoms with E-state index in [4.69, 9.17) is 4.74 Å². The minimum atomic E-state index is -0.412. The zero-order chi connectivity index (χ0) is 24.5. The second-order valence-corrected chi connectivity index (χ2v) is 15.2. The van der Waals surface area contributed by atoms with Gasteiger partial charge in [-0.25, -0.2) is 0 Å². The molecule has 1 aliphatic heterocycles. The molecule has 0 radical (unpaired) electrons. The molecule has 1 heterocycles. The van der Waals surface area contributed by atoms with Gasteiger partial charge in [-0.05, 0) is 84.9 Å². The summed E-state index contributed by atoms with van der Waals surface area (Å²) in [5.41, 5.74) is 3.01. The molecule has 0 aromatic carbocycles. The second-order valence-electron chi connectivity index (χ2n) is 15.2. The molecule has 0 spiro atoms. The summed E-state index contributed by atoms with van der Waals surface area (Å²) < 4.78 is 6.65. The van der Waals surface area contributed by atoms with E-state index in [0.29, 0.717) is 34.8 Å². The number of aliphatic hydroxyl groups is 1. The highest BCUT2D eigenvalue weighted by atomic mass is 16.5. The van der Waals surface area contributed by atoms with Crippen LogP contribution in [0, 0.1) is 50.2 Å². The minimum absolute atomic E-state index is 0.0282. The highest BCUT2D eigenvalue weighted by Crippen LogP contribution is 2.76. The lowest BCUT2D eigenvalue weighted by atomic mass is 9.33. The average Bonchev–Trinajstić information content (AvgIpc) is 3.10. The Morgan fingerprint density at radius 2 is 1.68 bits per heavy atom. The van der Waals surface area contributed by atoms with Gasteiger partial charge in [0, 0.05) is 22.3 Å². The maximum absolute atomic E-state index is 13.2. The van der Waals surface area contributed by atoms with Gasteiger partial charge >= 0.3 is 0 Å². The Bertz CT molecular complexity index is 1000. The molecule has 0 amide bonds. The monoisotopic (exact) mass is 466 g/mol. The van der Waals surface area contributed by atoms with Crippen LogP contribution >= 0.6 is 0 Å². The third-order valence-corrected chi connectivity index (χ3v) is 13.3. The number of rotatable bonds is 0. The number of hydrogen-bond acceptors (Lipinski definition) is 3. The molecule has 188 valence electrons. The molecule has 2 bridgehead atoms. The predicted molar refractivity (Wildman–Crippen MR) is 135 cm³/mol. The van der Waals surface area contributed by atoms with Crippen LogP contribution in [0.3, 0.4) is 0 Å². The van der Waals surface area contributed by atoms with E-state index in [2.05, 4.69) is 54.5 Å². The molecule has 1 saturated heterocycles. The number of ketones is 1. The molecule has 1 unspecified atom stereocenters. The molecule has 6 aliphatic rings. The smallest absolute Gasteiger partial charge is 0.167 e. The van der Waals surface area contributed by atoms with Gasteiger partial charge < -0.3 is 9.84 Å². The second kappa shape index (κ2) is 6.61. The first-order valence-corrected chi connectivity index (χ1v) is 14.0. The molecule has 5 fully saturated rings. The maximum Gasteiger partial charge on any atom is 0.167 e. The molecular formula is C31H46O3. The third-order valence-electron chi connectivity index (χ3n) is 13.3. The van der Waals surface area contributed by atoms with E-state index in [9.17, 15) is 9.90 Å². The summed E-state index contributed by atoms with van der Waals surface area (Å²) in [6, 6.07) is 0. The number of carbonyl (C=O) groups excluding carboxylic acids is 1. The standard InChI is InChI=1S/C31H46O3/c1-26(2)12-14-31-15-13-29(6)20(23(31)25(26)34-18-31)8-9-22-28(5)16-19(17-32)24(33)27(3,4)21(28)10-11-30(22,29)7/h8,17,21-23,25,32H,9-16,18H2,1-7H3/b19-17-/t21-,22+,23-,25?,28-,29+,30+,31+/m0/s1. The number of fused-ring (bicyclic) bond motifs is 5. The summed E-state index contributed by atoms with van der Waals surface area (Å²) in [4.78, 5) is 13.2. The molecule has 0 aromatic heterocycles. The maximum atomic E-state index is 13.2. The average molecular weight is 467 g/mol. The summed E-state index contributed by atoms with van der Waals surface area (Å²) in [5.74, 6) is 1.64. The van der Waals surface area contributed by atoms with Gasteiger partial charge in [0.05, 0.1) is 19.0 Å². The van der Waals surface area contributed by atoms with Crippen molar-refractivity contribution in [3.05, 3.63) is 23.5 Å². The number of carbonyl (C=O) groups is 1. The van der Waals surface area contributed by atoms with Gasteiger partial charge in [0.2, 0.25) is 0 Å². The van der Waals surface area contributed by atoms with E-state index in [1.165, 1.54) is 32.1 Å². The van der Waals surface area contributed by atoms with Gasteiger partial charge in [0.1, 0.15) is 0 Å². The Kier molecular flexibility index (Phi) is 4.53. The van der Waals surface area contributed by atoms with Crippen LogP contribution in [-0.4, -0.2) is 23.6 Å². The van der Waals surface area contributed by atoms with E-state index in [1.54, 1.807) is 5.57 Å². The van der Waals surface area contributed by atoms with Crippen LogP contribution in [0.2, 0.25) is 0 Å². The van der Waals surface area contributed by atoms with Crippen molar-refractivity contribution < 1.29 is 14.6 Å². The Balaban J connectivity index is 1.46. The molecule has 1 N–H and O–H groups in total. The van der Waals surface area contributed by atoms with E-state index in [0.717, 1.165) is 32.1 Å². The van der Waals surface area contributed by atoms with Gasteiger partial charge in [-0.3, -0.25) is 4.79 Å². The van der Waals surface area contributed by atoms with Crippen molar-refractivity contribution in [2.75, 3.05) is 6.61 Å². The van der Waals surface area contributed by atoms with Crippen molar-refractivity contribution >= 4 is 5.78 Å². The van der Waals surface area contributed by atoms with Crippen molar-refractivity contribution in [2.24, 2.45) is 50.2 Å². The lowest BCUT2D eigenvalue weighted by Crippen LogP contribution is -2.64. The Hall–Kier alpha value is -1.09. The first-order valence-electron chi connectivity index (χ1n) is 14.0. The fourth-order valence-electron chi connectivity index (χ4n) is 11.1. The molecule has 3 nitrogen and oxygen atoms in total. The number of Topliss-reactive ketones (excluding diaryl/α,β-unsaturated/α-hetero) is 1. The minimum Gasteiger partial charge on any atom is -0.515 e. The third kappa shape index (κ3) is 2.47. The van der Waals surface area contributed by atoms with Crippen LogP contribution in [0.5, 0.6) is 0 Å². The quantitative estimate of drug-likeness (QED) is 0.229. The number of allylic oxidation sites excluding steroid dienone is 2. The van der Waals surface area contributed by atoms with Crippen LogP contribution in [0.4, 0.5) is 0 Å². The zero-order valence-corrected chi connectivity index (χ0v) is 22.6. The van der Waals surface area contributed by atoms with E-state index < -0.39 is 5.41 Å². The lowest BCUT2D eigenvalue weighted by Gasteiger charge is -2.70. The highest BCUT2D eigenvalue weighted by molar-refractivity contribution is 6.00. The molecule has 0 aromatic rings. The molecule has 34 heavy (non-hydrogen) atoms. The van der Waals surface area contributed by atoms with Crippen LogP contribution in [-0.2, 0) is 9.53 Å². The molecule has 6 rings (SSSR count). The van der Waals surface area contributed by atoms with Crippen molar-refractivity contribution in [2.45, 2.75) is 106 Å². The van der Waals surface area contributed by atoms with Crippen molar-refractivity contribution in [1.82, 2.24) is 0 Å². The molecule has 5 aliphatic carbocycles. The van der Waals surface area contributed by atoms with E-state index in [1.807, 2.05) is 0 Å². The van der Waals surface area contributed by atoms with Crippen molar-refractivity contribution in [3.8, 4) is 0 Å². The first-order chi connectivity index (χ1) is 15.8. The SMILES string of the molecule is CC1(C)CC[C@]23CC[C@]4(C)C(=CC[C@@H]5[C@@]6(C)C/C(=C/O)C(=O)C(C)(C)[C@@H]6CC[C@]54C)[C@H]2C1OC3. The summed E-state index contributed by atoms with van der Waals surface area (Å²) in [5, 5.41) is 10.0. The molecular weight excluding hydrogens is 420 g/mol. The highest BCUT2D eigenvalue weighted by Gasteiger charge is 2.71. The Morgan fingerprint density at radius 1 is 0.971 bits per heavy atom. The fraction of sp³-hybridized carbons (Fsp3) is 0.839. The van der Waals surface area contributed by atoms with Crippen LogP contribution in [0.25, 0.3) is 0 Å². The number of hydrogen-bond donors (Lipinski definition) is 1. The largest absolute Gasteiger partial charge is 0.515 e. The van der Waals surface area contributed by atoms with Crippen molar-refractivity contribution in [1.29, 1.82) is 0 Å². The summed E-state index contributed by atoms with van der Waals surface area (Å²) >= 11 is 0. The van der Waals surface area contributed by atoms with Gasteiger partial charge in [-0.1, -0.05) is 60.1 Å². The van der Waals surface area contributed by atoms with Crippen LogP contribution in [0.15, 0.2) is 23.5 Å². The number of ether oxygens (including phenoxy) is 1. The van der Waals surface area contributed by atoms with Crippen LogP contribution in [0.1, 0.15) is 99.8 Å². The summed E-state index contributed by atoms with van der Waals surface area (Å²) in [6.07, 6.45) is 13.5. The van der Waals surface area contributed by atoms with Crippen molar-refractivity contribution in [3.63, 3.8) is 0 Å². The fourth-order valence-corrected chi connectivity index (χ4v) is 11.1. The van der Waals surface area contributed by atoms with Gasteiger partial charge in [0.25, 0.3) is 0 Å². The lowest BCUT2D eigenvalue weighted by molar-refractivity contribution is -0.176.